The van der Waals surface area contributed by atoms with Gasteiger partial charge in [0.15, 0.2) is 0 Å². The number of nitrogens with two attached hydrogens (primary N) is 1. The van der Waals surface area contributed by atoms with Crippen molar-refractivity contribution in [1.82, 2.24) is 4.90 Å². The number of rotatable bonds is 2. The van der Waals surface area contributed by atoms with Gasteiger partial charge in [0.2, 0.25) is 0 Å². The van der Waals surface area contributed by atoms with Gasteiger partial charge in [-0.3, -0.25) is 0 Å². The van der Waals surface area contributed by atoms with Crippen LogP contribution in [0.2, 0.25) is 0 Å². The van der Waals surface area contributed by atoms with Crippen LogP contribution in [0, 0.1) is 5.92 Å². The van der Waals surface area contributed by atoms with Crippen molar-refractivity contribution in [3.63, 3.8) is 0 Å². The molecular weight excluding hydrogens is 160 g/mol. The molecule has 2 nitrogen and oxygen atoms in total. The molecule has 2 N–H and O–H groups in total. The van der Waals surface area contributed by atoms with E-state index in [0.717, 1.165) is 13.0 Å². The highest BCUT2D eigenvalue weighted by atomic mass is 15.1. The number of nitrogens with zero attached hydrogens (tertiary/aromatic N) is 1. The molecule has 2 heteroatoms. The third-order valence-corrected chi connectivity index (χ3v) is 2.80. The van der Waals surface area contributed by atoms with Crippen LogP contribution in [0.3, 0.4) is 0 Å². The molecule has 0 radical (unpaired) electrons. The summed E-state index contributed by atoms with van der Waals surface area (Å²) in [7, 11) is 2.13. The van der Waals surface area contributed by atoms with Gasteiger partial charge in [-0.1, -0.05) is 24.3 Å². The van der Waals surface area contributed by atoms with E-state index in [2.05, 4.69) is 42.5 Å². The quantitative estimate of drug-likeness (QED) is 0.686. The maximum Gasteiger partial charge on any atom is 0.0595 e. The summed E-state index contributed by atoms with van der Waals surface area (Å²) in [6.45, 7) is 0.747. The first kappa shape index (κ1) is 8.57. The molecule has 2 aliphatic rings. The van der Waals surface area contributed by atoms with Crippen molar-refractivity contribution in [2.24, 2.45) is 11.7 Å². The van der Waals surface area contributed by atoms with E-state index < -0.39 is 0 Å². The number of hydrogen-bond donors (Lipinski definition) is 1. The predicted molar refractivity (Wildman–Crippen MR) is 55.1 cm³/mol. The third kappa shape index (κ3) is 1.42. The molecule has 2 atom stereocenters. The van der Waals surface area contributed by atoms with Crippen molar-refractivity contribution < 1.29 is 0 Å². The molecule has 70 valence electrons. The van der Waals surface area contributed by atoms with E-state index in [1.165, 1.54) is 5.57 Å². The van der Waals surface area contributed by atoms with Crippen LogP contribution in [0.1, 0.15) is 6.42 Å². The summed E-state index contributed by atoms with van der Waals surface area (Å²) >= 11 is 0. The van der Waals surface area contributed by atoms with Gasteiger partial charge in [-0.15, -0.1) is 0 Å². The molecule has 0 aromatic heterocycles. The molecule has 1 heterocycles. The SMILES string of the molecule is CN1C=CC2C=CC=C(CCN)C21. The molecule has 0 bridgehead atoms. The van der Waals surface area contributed by atoms with E-state index in [0.29, 0.717) is 12.0 Å². The lowest BCUT2D eigenvalue weighted by Crippen LogP contribution is -2.32. The topological polar surface area (TPSA) is 29.3 Å². The number of fused-ring (bicyclic) bond motifs is 1. The molecule has 2 rings (SSSR count). The minimum atomic E-state index is 0.536. The summed E-state index contributed by atoms with van der Waals surface area (Å²) < 4.78 is 0. The molecular formula is C11H16N2. The molecule has 0 aromatic carbocycles. The zero-order valence-corrected chi connectivity index (χ0v) is 7.98. The fraction of sp³-hybridized carbons (Fsp3) is 0.455. The van der Waals surface area contributed by atoms with Gasteiger partial charge in [0.05, 0.1) is 6.04 Å². The summed E-state index contributed by atoms with van der Waals surface area (Å²) in [6, 6.07) is 0.536. The van der Waals surface area contributed by atoms with Crippen molar-refractivity contribution in [2.75, 3.05) is 13.6 Å². The monoisotopic (exact) mass is 176 g/mol. The largest absolute Gasteiger partial charge is 0.373 e. The van der Waals surface area contributed by atoms with Crippen LogP contribution in [0.4, 0.5) is 0 Å². The highest BCUT2D eigenvalue weighted by Crippen LogP contribution is 2.31. The second-order valence-electron chi connectivity index (χ2n) is 3.69. The second-order valence-corrected chi connectivity index (χ2v) is 3.69. The molecule has 0 amide bonds. The fourth-order valence-corrected chi connectivity index (χ4v) is 2.19. The first-order valence-corrected chi connectivity index (χ1v) is 4.80. The molecule has 1 aliphatic carbocycles. The van der Waals surface area contributed by atoms with Crippen LogP contribution >= 0.6 is 0 Å². The van der Waals surface area contributed by atoms with Gasteiger partial charge < -0.3 is 10.6 Å². The average Bonchev–Trinajstić information content (AvgIpc) is 2.50. The highest BCUT2D eigenvalue weighted by molar-refractivity contribution is 5.32. The Morgan fingerprint density at radius 3 is 3.08 bits per heavy atom. The van der Waals surface area contributed by atoms with Gasteiger partial charge >= 0.3 is 0 Å². The standard InChI is InChI=1S/C11H16N2/c1-13-8-6-10-4-2-3-9(5-7-12)11(10)13/h2-4,6,8,10-11H,5,7,12H2,1H3. The molecule has 13 heavy (non-hydrogen) atoms. The highest BCUT2D eigenvalue weighted by Gasteiger charge is 2.29. The van der Waals surface area contributed by atoms with Crippen molar-refractivity contribution in [3.05, 3.63) is 36.1 Å². The minimum absolute atomic E-state index is 0.536. The predicted octanol–water partition coefficient (Wildman–Crippen LogP) is 1.28. The first-order chi connectivity index (χ1) is 6.33. The summed E-state index contributed by atoms with van der Waals surface area (Å²) in [6.07, 6.45) is 12.0. The minimum Gasteiger partial charge on any atom is -0.373 e. The van der Waals surface area contributed by atoms with Crippen LogP contribution in [0.15, 0.2) is 36.1 Å². The van der Waals surface area contributed by atoms with Crippen LogP contribution in [0.5, 0.6) is 0 Å². The maximum absolute atomic E-state index is 5.58. The number of hydrogen-bond acceptors (Lipinski definition) is 2. The van der Waals surface area contributed by atoms with Crippen molar-refractivity contribution in [2.45, 2.75) is 12.5 Å². The lowest BCUT2D eigenvalue weighted by Gasteiger charge is -2.29. The lowest BCUT2D eigenvalue weighted by atomic mass is 9.88. The zero-order valence-electron chi connectivity index (χ0n) is 7.98. The summed E-state index contributed by atoms with van der Waals surface area (Å²) in [4.78, 5) is 2.27. The van der Waals surface area contributed by atoms with Gasteiger partial charge in [-0.25, -0.2) is 0 Å². The number of allylic oxidation sites excluding steroid dienone is 2. The van der Waals surface area contributed by atoms with Crippen molar-refractivity contribution in [3.8, 4) is 0 Å². The van der Waals surface area contributed by atoms with Crippen molar-refractivity contribution >= 4 is 0 Å². The Kier molecular flexibility index (Phi) is 2.23. The van der Waals surface area contributed by atoms with Gasteiger partial charge in [-0.05, 0) is 24.7 Å². The second kappa shape index (κ2) is 3.38. The fourth-order valence-electron chi connectivity index (χ4n) is 2.19. The molecule has 0 saturated heterocycles. The van der Waals surface area contributed by atoms with Crippen molar-refractivity contribution in [1.29, 1.82) is 0 Å². The Labute approximate surface area is 79.4 Å². The molecule has 0 fully saturated rings. The maximum atomic E-state index is 5.58. The first-order valence-electron chi connectivity index (χ1n) is 4.80. The molecule has 0 spiro atoms. The number of likely N-dealkylation sites (N-methyl/N-ethyl adjacent to an activating group) is 1. The van der Waals surface area contributed by atoms with Crippen LogP contribution < -0.4 is 5.73 Å². The van der Waals surface area contributed by atoms with Crippen LogP contribution in [-0.4, -0.2) is 24.5 Å². The third-order valence-electron chi connectivity index (χ3n) is 2.80. The Balaban J connectivity index is 2.19. The zero-order chi connectivity index (χ0) is 9.26. The van der Waals surface area contributed by atoms with Gasteiger partial charge in [0.25, 0.3) is 0 Å². The van der Waals surface area contributed by atoms with Gasteiger partial charge in [0, 0.05) is 13.0 Å². The van der Waals surface area contributed by atoms with Crippen LogP contribution in [0.25, 0.3) is 0 Å². The molecule has 2 unspecified atom stereocenters. The normalized spacial score (nSPS) is 30.6. The van der Waals surface area contributed by atoms with E-state index in [9.17, 15) is 0 Å². The van der Waals surface area contributed by atoms with E-state index >= 15 is 0 Å². The van der Waals surface area contributed by atoms with E-state index in [4.69, 9.17) is 5.73 Å². The van der Waals surface area contributed by atoms with Gasteiger partial charge in [0.1, 0.15) is 0 Å². The van der Waals surface area contributed by atoms with Gasteiger partial charge in [-0.2, -0.15) is 0 Å². The van der Waals surface area contributed by atoms with E-state index in [1.807, 2.05) is 0 Å². The average molecular weight is 176 g/mol. The lowest BCUT2D eigenvalue weighted by molar-refractivity contribution is 0.357. The summed E-state index contributed by atoms with van der Waals surface area (Å²) in [5.74, 6) is 0.566. The summed E-state index contributed by atoms with van der Waals surface area (Å²) in [5, 5.41) is 0. The Morgan fingerprint density at radius 1 is 1.46 bits per heavy atom. The Bertz CT molecular complexity index is 276. The van der Waals surface area contributed by atoms with E-state index in [-0.39, 0.29) is 0 Å². The summed E-state index contributed by atoms with van der Waals surface area (Å²) in [5.41, 5.74) is 7.04. The Morgan fingerprint density at radius 2 is 2.31 bits per heavy atom. The molecule has 1 aliphatic heterocycles. The van der Waals surface area contributed by atoms with E-state index in [1.54, 1.807) is 0 Å². The Hall–Kier alpha value is -1.02. The molecule has 0 aromatic rings. The smallest absolute Gasteiger partial charge is 0.0595 e. The molecule has 0 saturated carbocycles. The van der Waals surface area contributed by atoms with Crippen LogP contribution in [-0.2, 0) is 0 Å².